The van der Waals surface area contributed by atoms with Gasteiger partial charge in [0, 0.05) is 6.42 Å². The Labute approximate surface area is 93.9 Å². The number of rotatable bonds is 4. The zero-order valence-electron chi connectivity index (χ0n) is 10.5. The zero-order chi connectivity index (χ0) is 11.5. The number of carbonyl (C=O) groups is 1. The highest BCUT2D eigenvalue weighted by Gasteiger charge is 2.31. The molecule has 0 heterocycles. The van der Waals surface area contributed by atoms with Gasteiger partial charge in [-0.2, -0.15) is 0 Å². The maximum absolute atomic E-state index is 11.2. The molecule has 0 amide bonds. The Morgan fingerprint density at radius 2 is 1.73 bits per heavy atom. The first-order chi connectivity index (χ1) is 6.93. The van der Waals surface area contributed by atoms with Gasteiger partial charge in [0.05, 0.1) is 0 Å². The summed E-state index contributed by atoms with van der Waals surface area (Å²) in [6.07, 6.45) is 8.24. The number of carbonyl (C=O) groups excluding carboxylic acids is 1. The second kappa shape index (κ2) is 4.96. The minimum Gasteiger partial charge on any atom is -0.295 e. The third-order valence-corrected chi connectivity index (χ3v) is 3.12. The molecule has 15 heavy (non-hydrogen) atoms. The Balaban J connectivity index is 2.77. The Bertz CT molecular complexity index is 238. The normalized spacial score (nSPS) is 20.3. The molecule has 0 saturated heterocycles. The summed E-state index contributed by atoms with van der Waals surface area (Å²) in [4.78, 5) is 11.2. The molecule has 0 aliphatic heterocycles. The molecule has 0 N–H and O–H groups in total. The van der Waals surface area contributed by atoms with Crippen molar-refractivity contribution in [1.82, 2.24) is 0 Å². The maximum Gasteiger partial charge on any atom is 0.155 e. The van der Waals surface area contributed by atoms with E-state index in [-0.39, 0.29) is 0 Å². The van der Waals surface area contributed by atoms with Crippen molar-refractivity contribution in [2.24, 2.45) is 17.3 Å². The topological polar surface area (TPSA) is 17.1 Å². The summed E-state index contributed by atoms with van der Waals surface area (Å²) >= 11 is 0. The first-order valence-electron chi connectivity index (χ1n) is 6.15. The van der Waals surface area contributed by atoms with Gasteiger partial charge >= 0.3 is 0 Å². The second-order valence-electron chi connectivity index (χ2n) is 5.86. The first kappa shape index (κ1) is 12.5. The van der Waals surface area contributed by atoms with E-state index in [0.717, 1.165) is 12.8 Å². The van der Waals surface area contributed by atoms with E-state index in [1.807, 2.05) is 6.08 Å². The van der Waals surface area contributed by atoms with E-state index in [1.54, 1.807) is 0 Å². The van der Waals surface area contributed by atoms with Gasteiger partial charge in [0.25, 0.3) is 0 Å². The standard InChI is InChI=1S/C14H24O/c1-11(2)9-14(10-12(3)4)7-5-13(15)6-8-14/h5,7,11-12H,6,8-10H2,1-4H3. The van der Waals surface area contributed by atoms with E-state index in [2.05, 4.69) is 33.8 Å². The van der Waals surface area contributed by atoms with Crippen molar-refractivity contribution in [2.75, 3.05) is 0 Å². The number of ketones is 1. The highest BCUT2D eigenvalue weighted by Crippen LogP contribution is 2.41. The molecule has 0 spiro atoms. The molecule has 0 radical (unpaired) electrons. The minimum absolute atomic E-state index is 0.302. The first-order valence-corrected chi connectivity index (χ1v) is 6.15. The average molecular weight is 208 g/mol. The SMILES string of the molecule is CC(C)CC1(CC(C)C)C=CC(=O)CC1. The van der Waals surface area contributed by atoms with Crippen molar-refractivity contribution in [2.45, 2.75) is 53.4 Å². The van der Waals surface area contributed by atoms with Crippen LogP contribution >= 0.6 is 0 Å². The molecule has 1 aliphatic carbocycles. The van der Waals surface area contributed by atoms with Gasteiger partial charge in [-0.3, -0.25) is 4.79 Å². The molecule has 0 aromatic rings. The molecular weight excluding hydrogens is 184 g/mol. The van der Waals surface area contributed by atoms with Gasteiger partial charge in [0.15, 0.2) is 5.78 Å². The van der Waals surface area contributed by atoms with Gasteiger partial charge < -0.3 is 0 Å². The summed E-state index contributed by atoms with van der Waals surface area (Å²) in [5.74, 6) is 1.72. The van der Waals surface area contributed by atoms with Crippen LogP contribution in [0.1, 0.15) is 53.4 Å². The molecule has 1 rings (SSSR count). The van der Waals surface area contributed by atoms with Crippen LogP contribution in [-0.2, 0) is 4.79 Å². The predicted molar refractivity (Wildman–Crippen MR) is 64.7 cm³/mol. The Hall–Kier alpha value is -0.590. The second-order valence-corrected chi connectivity index (χ2v) is 5.86. The van der Waals surface area contributed by atoms with E-state index in [0.29, 0.717) is 23.0 Å². The molecule has 1 nitrogen and oxygen atoms in total. The molecule has 0 saturated carbocycles. The van der Waals surface area contributed by atoms with Crippen LogP contribution in [0, 0.1) is 17.3 Å². The third kappa shape index (κ3) is 3.81. The highest BCUT2D eigenvalue weighted by atomic mass is 16.1. The molecular formula is C14H24O. The van der Waals surface area contributed by atoms with Gasteiger partial charge in [-0.1, -0.05) is 33.8 Å². The highest BCUT2D eigenvalue weighted by molar-refractivity contribution is 5.90. The number of hydrogen-bond donors (Lipinski definition) is 0. The average Bonchev–Trinajstić information content (AvgIpc) is 2.08. The van der Waals surface area contributed by atoms with E-state index in [1.165, 1.54) is 12.8 Å². The lowest BCUT2D eigenvalue weighted by Crippen LogP contribution is -2.26. The summed E-state index contributed by atoms with van der Waals surface area (Å²) in [5, 5.41) is 0. The molecule has 0 unspecified atom stereocenters. The smallest absolute Gasteiger partial charge is 0.155 e. The third-order valence-electron chi connectivity index (χ3n) is 3.12. The monoisotopic (exact) mass is 208 g/mol. The van der Waals surface area contributed by atoms with Gasteiger partial charge in [-0.05, 0) is 42.6 Å². The van der Waals surface area contributed by atoms with Crippen molar-refractivity contribution >= 4 is 5.78 Å². The summed E-state index contributed by atoms with van der Waals surface area (Å²) < 4.78 is 0. The summed E-state index contributed by atoms with van der Waals surface area (Å²) in [7, 11) is 0. The lowest BCUT2D eigenvalue weighted by molar-refractivity contribution is -0.115. The fraction of sp³-hybridized carbons (Fsp3) is 0.786. The van der Waals surface area contributed by atoms with E-state index >= 15 is 0 Å². The van der Waals surface area contributed by atoms with Crippen LogP contribution in [0.5, 0.6) is 0 Å². The number of hydrogen-bond acceptors (Lipinski definition) is 1. The number of allylic oxidation sites excluding steroid dienone is 2. The molecule has 0 aromatic carbocycles. The maximum atomic E-state index is 11.2. The molecule has 1 aliphatic rings. The summed E-state index contributed by atoms with van der Waals surface area (Å²) in [6, 6.07) is 0. The molecule has 0 fully saturated rings. The summed E-state index contributed by atoms with van der Waals surface area (Å²) in [5.41, 5.74) is 0.302. The van der Waals surface area contributed by atoms with Gasteiger partial charge in [-0.25, -0.2) is 0 Å². The molecule has 0 atom stereocenters. The largest absolute Gasteiger partial charge is 0.295 e. The van der Waals surface area contributed by atoms with Crippen molar-refractivity contribution in [3.8, 4) is 0 Å². The molecule has 0 aromatic heterocycles. The molecule has 0 bridgehead atoms. The van der Waals surface area contributed by atoms with Crippen LogP contribution in [0.4, 0.5) is 0 Å². The van der Waals surface area contributed by atoms with E-state index in [9.17, 15) is 4.79 Å². The van der Waals surface area contributed by atoms with Crippen molar-refractivity contribution in [1.29, 1.82) is 0 Å². The van der Waals surface area contributed by atoms with Crippen LogP contribution in [0.3, 0.4) is 0 Å². The molecule has 86 valence electrons. The quantitative estimate of drug-likeness (QED) is 0.683. The zero-order valence-corrected chi connectivity index (χ0v) is 10.5. The van der Waals surface area contributed by atoms with Crippen LogP contribution in [0.15, 0.2) is 12.2 Å². The van der Waals surface area contributed by atoms with E-state index in [4.69, 9.17) is 0 Å². The van der Waals surface area contributed by atoms with Crippen molar-refractivity contribution in [3.63, 3.8) is 0 Å². The Morgan fingerprint density at radius 1 is 1.20 bits per heavy atom. The minimum atomic E-state index is 0.302. The fourth-order valence-electron chi connectivity index (χ4n) is 2.86. The Morgan fingerprint density at radius 3 is 2.07 bits per heavy atom. The van der Waals surface area contributed by atoms with E-state index < -0.39 is 0 Å². The summed E-state index contributed by atoms with van der Waals surface area (Å²) in [6.45, 7) is 9.08. The lowest BCUT2D eigenvalue weighted by Gasteiger charge is -2.36. The van der Waals surface area contributed by atoms with Crippen LogP contribution in [0.25, 0.3) is 0 Å². The van der Waals surface area contributed by atoms with Crippen LogP contribution in [-0.4, -0.2) is 5.78 Å². The van der Waals surface area contributed by atoms with Gasteiger partial charge in [0.2, 0.25) is 0 Å². The van der Waals surface area contributed by atoms with Crippen LogP contribution < -0.4 is 0 Å². The van der Waals surface area contributed by atoms with Crippen LogP contribution in [0.2, 0.25) is 0 Å². The molecule has 1 heteroatoms. The van der Waals surface area contributed by atoms with Gasteiger partial charge in [-0.15, -0.1) is 0 Å². The van der Waals surface area contributed by atoms with Crippen molar-refractivity contribution < 1.29 is 4.79 Å². The fourth-order valence-corrected chi connectivity index (χ4v) is 2.86. The van der Waals surface area contributed by atoms with Crippen molar-refractivity contribution in [3.05, 3.63) is 12.2 Å². The predicted octanol–water partition coefficient (Wildman–Crippen LogP) is 3.98. The lowest BCUT2D eigenvalue weighted by atomic mass is 9.69. The van der Waals surface area contributed by atoms with Gasteiger partial charge in [0.1, 0.15) is 0 Å². The Kier molecular flexibility index (Phi) is 4.12.